The topological polar surface area (TPSA) is 60.8 Å². The monoisotopic (exact) mass is 269 g/mol. The molecule has 1 aromatic rings. The third-order valence-corrected chi connectivity index (χ3v) is 3.62. The molecule has 0 aromatic heterocycles. The van der Waals surface area contributed by atoms with Gasteiger partial charge in [0.25, 0.3) is 0 Å². The normalized spacial score (nSPS) is 18.7. The van der Waals surface area contributed by atoms with E-state index in [9.17, 15) is 9.90 Å². The summed E-state index contributed by atoms with van der Waals surface area (Å²) in [5.74, 6) is -0.947. The number of anilines is 1. The summed E-state index contributed by atoms with van der Waals surface area (Å²) in [5.41, 5.74) is -0.00819. The van der Waals surface area contributed by atoms with E-state index in [1.165, 1.54) is 0 Å². The van der Waals surface area contributed by atoms with Gasteiger partial charge in [0.15, 0.2) is 0 Å². The first kappa shape index (κ1) is 13.2. The van der Waals surface area contributed by atoms with Gasteiger partial charge >= 0.3 is 5.97 Å². The van der Waals surface area contributed by atoms with Crippen molar-refractivity contribution < 1.29 is 15.0 Å². The Kier molecular flexibility index (Phi) is 3.78. The molecule has 0 bridgehead atoms. The zero-order chi connectivity index (χ0) is 13.2. The summed E-state index contributed by atoms with van der Waals surface area (Å²) >= 11 is 5.83. The van der Waals surface area contributed by atoms with Crippen LogP contribution in [0.5, 0.6) is 0 Å². The van der Waals surface area contributed by atoms with Crippen LogP contribution in [0.3, 0.4) is 0 Å². The lowest BCUT2D eigenvalue weighted by Crippen LogP contribution is -2.45. The Hall–Kier alpha value is -1.26. The third-order valence-electron chi connectivity index (χ3n) is 3.37. The van der Waals surface area contributed by atoms with E-state index in [0.29, 0.717) is 31.0 Å². The molecule has 0 amide bonds. The van der Waals surface area contributed by atoms with Gasteiger partial charge in [0, 0.05) is 23.8 Å². The number of nitrogens with zero attached hydrogens (tertiary/aromatic N) is 1. The van der Waals surface area contributed by atoms with E-state index in [1.807, 2.05) is 24.3 Å². The summed E-state index contributed by atoms with van der Waals surface area (Å²) in [5, 5.41) is 19.6. The SMILES string of the molecule is O=C(O)CC1(O)CCN(c2ccc(Cl)cc2)CC1. The first-order chi connectivity index (χ1) is 8.48. The van der Waals surface area contributed by atoms with Crippen LogP contribution in [0.2, 0.25) is 5.02 Å². The molecule has 0 atom stereocenters. The molecule has 1 aliphatic rings. The average molecular weight is 270 g/mol. The van der Waals surface area contributed by atoms with Gasteiger partial charge in [-0.1, -0.05) is 11.6 Å². The number of carboxylic acids is 1. The quantitative estimate of drug-likeness (QED) is 0.883. The van der Waals surface area contributed by atoms with Gasteiger partial charge in [0.1, 0.15) is 0 Å². The minimum atomic E-state index is -1.06. The summed E-state index contributed by atoms with van der Waals surface area (Å²) in [4.78, 5) is 12.8. The number of rotatable bonds is 3. The first-order valence-corrected chi connectivity index (χ1v) is 6.31. The predicted octanol–water partition coefficient (Wildman–Crippen LogP) is 2.15. The number of benzene rings is 1. The number of hydrogen-bond donors (Lipinski definition) is 2. The van der Waals surface area contributed by atoms with Gasteiger partial charge in [-0.2, -0.15) is 0 Å². The Bertz CT molecular complexity index is 424. The minimum absolute atomic E-state index is 0.179. The van der Waals surface area contributed by atoms with Crippen molar-refractivity contribution in [1.29, 1.82) is 0 Å². The lowest BCUT2D eigenvalue weighted by molar-refractivity contribution is -0.143. The molecule has 1 aromatic carbocycles. The second kappa shape index (κ2) is 5.16. The molecular formula is C13H16ClNO3. The van der Waals surface area contributed by atoms with E-state index in [1.54, 1.807) is 0 Å². The van der Waals surface area contributed by atoms with Crippen LogP contribution in [-0.4, -0.2) is 34.9 Å². The molecule has 18 heavy (non-hydrogen) atoms. The van der Waals surface area contributed by atoms with Gasteiger partial charge in [-0.15, -0.1) is 0 Å². The molecule has 0 spiro atoms. The lowest BCUT2D eigenvalue weighted by Gasteiger charge is -2.38. The average Bonchev–Trinajstić information content (AvgIpc) is 2.30. The van der Waals surface area contributed by atoms with Gasteiger partial charge in [0.2, 0.25) is 0 Å². The zero-order valence-electron chi connectivity index (χ0n) is 9.97. The van der Waals surface area contributed by atoms with Gasteiger partial charge < -0.3 is 15.1 Å². The van der Waals surface area contributed by atoms with E-state index >= 15 is 0 Å². The number of aliphatic carboxylic acids is 1. The molecule has 1 fully saturated rings. The zero-order valence-corrected chi connectivity index (χ0v) is 10.7. The highest BCUT2D eigenvalue weighted by atomic mass is 35.5. The van der Waals surface area contributed by atoms with Gasteiger partial charge in [-0.3, -0.25) is 4.79 Å². The largest absolute Gasteiger partial charge is 0.481 e. The van der Waals surface area contributed by atoms with Crippen LogP contribution in [-0.2, 0) is 4.79 Å². The highest BCUT2D eigenvalue weighted by Crippen LogP contribution is 2.29. The summed E-state index contributed by atoms with van der Waals surface area (Å²) in [7, 11) is 0. The van der Waals surface area contributed by atoms with E-state index < -0.39 is 11.6 Å². The number of piperidine rings is 1. The Labute approximate surface area is 111 Å². The summed E-state index contributed by atoms with van der Waals surface area (Å²) < 4.78 is 0. The number of aliphatic hydroxyl groups is 1. The van der Waals surface area contributed by atoms with Crippen molar-refractivity contribution in [3.63, 3.8) is 0 Å². The van der Waals surface area contributed by atoms with E-state index in [2.05, 4.69) is 4.90 Å². The fourth-order valence-electron chi connectivity index (χ4n) is 2.29. The molecule has 5 heteroatoms. The number of hydrogen-bond acceptors (Lipinski definition) is 3. The maximum absolute atomic E-state index is 10.7. The summed E-state index contributed by atoms with van der Waals surface area (Å²) in [6.07, 6.45) is 0.769. The Morgan fingerprint density at radius 2 is 1.83 bits per heavy atom. The fourth-order valence-corrected chi connectivity index (χ4v) is 2.42. The smallest absolute Gasteiger partial charge is 0.306 e. The molecule has 1 aliphatic heterocycles. The van der Waals surface area contributed by atoms with E-state index in [-0.39, 0.29) is 6.42 Å². The fraction of sp³-hybridized carbons (Fsp3) is 0.462. The Balaban J connectivity index is 1.98. The van der Waals surface area contributed by atoms with E-state index in [4.69, 9.17) is 16.7 Å². The standard InChI is InChI=1S/C13H16ClNO3/c14-10-1-3-11(4-2-10)15-7-5-13(18,6-8-15)9-12(16)17/h1-4,18H,5-9H2,(H,16,17). The van der Waals surface area contributed by atoms with Crippen molar-refractivity contribution in [3.8, 4) is 0 Å². The second-order valence-electron chi connectivity index (χ2n) is 4.76. The lowest BCUT2D eigenvalue weighted by atomic mass is 9.88. The van der Waals surface area contributed by atoms with Crippen molar-refractivity contribution in [2.24, 2.45) is 0 Å². The molecule has 0 saturated carbocycles. The molecule has 2 rings (SSSR count). The number of carboxylic acid groups (broad SMARTS) is 1. The minimum Gasteiger partial charge on any atom is -0.481 e. The van der Waals surface area contributed by atoms with Crippen molar-refractivity contribution in [2.75, 3.05) is 18.0 Å². The van der Waals surface area contributed by atoms with Crippen molar-refractivity contribution in [1.82, 2.24) is 0 Å². The molecule has 1 saturated heterocycles. The highest BCUT2D eigenvalue weighted by molar-refractivity contribution is 6.30. The number of halogens is 1. The van der Waals surface area contributed by atoms with Crippen LogP contribution in [0.15, 0.2) is 24.3 Å². The van der Waals surface area contributed by atoms with Crippen molar-refractivity contribution >= 4 is 23.3 Å². The molecule has 0 aliphatic carbocycles. The Morgan fingerprint density at radius 3 is 2.33 bits per heavy atom. The maximum atomic E-state index is 10.7. The molecule has 0 unspecified atom stereocenters. The van der Waals surface area contributed by atoms with Crippen LogP contribution < -0.4 is 4.90 Å². The molecule has 1 heterocycles. The molecule has 98 valence electrons. The van der Waals surface area contributed by atoms with Crippen LogP contribution in [0, 0.1) is 0 Å². The van der Waals surface area contributed by atoms with Gasteiger partial charge in [0.05, 0.1) is 12.0 Å². The molecule has 0 radical (unpaired) electrons. The number of carbonyl (C=O) groups is 1. The van der Waals surface area contributed by atoms with Crippen LogP contribution in [0.1, 0.15) is 19.3 Å². The van der Waals surface area contributed by atoms with Crippen LogP contribution in [0.25, 0.3) is 0 Å². The molecule has 2 N–H and O–H groups in total. The predicted molar refractivity (Wildman–Crippen MR) is 70.1 cm³/mol. The highest BCUT2D eigenvalue weighted by Gasteiger charge is 2.34. The first-order valence-electron chi connectivity index (χ1n) is 5.93. The van der Waals surface area contributed by atoms with Crippen molar-refractivity contribution in [2.45, 2.75) is 24.9 Å². The molecule has 4 nitrogen and oxygen atoms in total. The maximum Gasteiger partial charge on any atom is 0.306 e. The summed E-state index contributed by atoms with van der Waals surface area (Å²) in [6, 6.07) is 7.53. The van der Waals surface area contributed by atoms with Gasteiger partial charge in [-0.25, -0.2) is 0 Å². The van der Waals surface area contributed by atoms with Gasteiger partial charge in [-0.05, 0) is 37.1 Å². The van der Waals surface area contributed by atoms with Crippen molar-refractivity contribution in [3.05, 3.63) is 29.3 Å². The molecular weight excluding hydrogens is 254 g/mol. The summed E-state index contributed by atoms with van der Waals surface area (Å²) in [6.45, 7) is 1.32. The van der Waals surface area contributed by atoms with Crippen LogP contribution in [0.4, 0.5) is 5.69 Å². The Morgan fingerprint density at radius 1 is 1.28 bits per heavy atom. The second-order valence-corrected chi connectivity index (χ2v) is 5.19. The van der Waals surface area contributed by atoms with Crippen LogP contribution >= 0.6 is 11.6 Å². The third kappa shape index (κ3) is 3.15. The van der Waals surface area contributed by atoms with E-state index in [0.717, 1.165) is 5.69 Å².